The molecule has 158 valence electrons. The van der Waals surface area contributed by atoms with E-state index in [0.29, 0.717) is 6.61 Å². The Balaban J connectivity index is 0.00000364. The van der Waals surface area contributed by atoms with Crippen LogP contribution >= 0.6 is 24.0 Å². The summed E-state index contributed by atoms with van der Waals surface area (Å²) in [5, 5.41) is 3.37. The first-order chi connectivity index (χ1) is 12.7. The van der Waals surface area contributed by atoms with Gasteiger partial charge in [0.25, 0.3) is 5.91 Å². The Labute approximate surface area is 180 Å². The lowest BCUT2D eigenvalue weighted by atomic mass is 10.2. The monoisotopic (exact) mass is 497 g/mol. The number of guanidine groups is 1. The number of carbonyl (C=O) groups is 1. The maximum atomic E-state index is 12.5. The molecule has 2 fully saturated rings. The van der Waals surface area contributed by atoms with Crippen LogP contribution in [0.25, 0.3) is 0 Å². The molecule has 1 unspecified atom stereocenters. The van der Waals surface area contributed by atoms with Gasteiger partial charge in [0.2, 0.25) is 0 Å². The smallest absolute Gasteiger partial charge is 0.251 e. The molecule has 0 spiro atoms. The zero-order chi connectivity index (χ0) is 18.8. The van der Waals surface area contributed by atoms with Gasteiger partial charge < -0.3 is 29.5 Å². The van der Waals surface area contributed by atoms with Crippen LogP contribution in [0, 0.1) is 0 Å². The van der Waals surface area contributed by atoms with Gasteiger partial charge in [0.1, 0.15) is 6.10 Å². The number of likely N-dealkylation sites (N-methyl/N-ethyl adjacent to an activating group) is 1. The molecular formula is C18H36IN5O3. The first kappa shape index (κ1) is 24.4. The summed E-state index contributed by atoms with van der Waals surface area (Å²) in [5.74, 6) is 1.10. The molecule has 2 aliphatic heterocycles. The summed E-state index contributed by atoms with van der Waals surface area (Å²) in [7, 11) is 3.80. The topological polar surface area (TPSA) is 69.6 Å². The number of nitrogens with zero attached hydrogens (tertiary/aromatic N) is 4. The zero-order valence-corrected chi connectivity index (χ0v) is 19.3. The minimum absolute atomic E-state index is 0. The van der Waals surface area contributed by atoms with Crippen LogP contribution in [0.1, 0.15) is 19.8 Å². The number of methoxy groups -OCH3 is 1. The van der Waals surface area contributed by atoms with Crippen molar-refractivity contribution in [1.29, 1.82) is 0 Å². The van der Waals surface area contributed by atoms with Gasteiger partial charge in [0.05, 0.1) is 13.2 Å². The molecule has 1 N–H and O–H groups in total. The number of nitrogens with one attached hydrogen (secondary N) is 1. The van der Waals surface area contributed by atoms with Crippen LogP contribution in [-0.4, -0.2) is 112 Å². The second-order valence-corrected chi connectivity index (χ2v) is 6.85. The lowest BCUT2D eigenvalue weighted by Crippen LogP contribution is -2.55. The fourth-order valence-corrected chi connectivity index (χ4v) is 3.23. The van der Waals surface area contributed by atoms with Gasteiger partial charge in [-0.3, -0.25) is 9.79 Å². The molecule has 8 nitrogen and oxygen atoms in total. The van der Waals surface area contributed by atoms with Crippen molar-refractivity contribution < 1.29 is 14.3 Å². The van der Waals surface area contributed by atoms with E-state index < -0.39 is 0 Å². The quantitative estimate of drug-likeness (QED) is 0.299. The average molecular weight is 497 g/mol. The van der Waals surface area contributed by atoms with E-state index in [0.717, 1.165) is 77.8 Å². The highest BCUT2D eigenvalue weighted by Gasteiger charge is 2.30. The van der Waals surface area contributed by atoms with Gasteiger partial charge in [-0.2, -0.15) is 0 Å². The maximum absolute atomic E-state index is 12.5. The minimum Gasteiger partial charge on any atom is -0.383 e. The Morgan fingerprint density at radius 3 is 2.56 bits per heavy atom. The average Bonchev–Trinajstić information content (AvgIpc) is 3.20. The van der Waals surface area contributed by atoms with Crippen molar-refractivity contribution in [2.45, 2.75) is 25.9 Å². The highest BCUT2D eigenvalue weighted by Crippen LogP contribution is 2.16. The molecule has 1 atom stereocenters. The number of ether oxygens (including phenoxy) is 2. The van der Waals surface area contributed by atoms with Crippen molar-refractivity contribution >= 4 is 35.8 Å². The van der Waals surface area contributed by atoms with Gasteiger partial charge in [0, 0.05) is 59.5 Å². The van der Waals surface area contributed by atoms with Crippen LogP contribution in [-0.2, 0) is 14.3 Å². The van der Waals surface area contributed by atoms with E-state index in [1.165, 1.54) is 0 Å². The number of carbonyl (C=O) groups excluding carboxylic acids is 1. The van der Waals surface area contributed by atoms with Crippen LogP contribution in [0.15, 0.2) is 4.99 Å². The lowest BCUT2D eigenvalue weighted by molar-refractivity contribution is -0.142. The van der Waals surface area contributed by atoms with Crippen molar-refractivity contribution in [3.8, 4) is 0 Å². The minimum atomic E-state index is -0.217. The zero-order valence-electron chi connectivity index (χ0n) is 17.0. The van der Waals surface area contributed by atoms with Gasteiger partial charge in [-0.1, -0.05) is 0 Å². The van der Waals surface area contributed by atoms with Crippen LogP contribution in [0.5, 0.6) is 0 Å². The second-order valence-electron chi connectivity index (χ2n) is 6.85. The first-order valence-corrected chi connectivity index (χ1v) is 9.76. The van der Waals surface area contributed by atoms with E-state index in [9.17, 15) is 4.79 Å². The number of piperazine rings is 1. The Hall–Kier alpha value is -0.650. The molecule has 0 aromatic heterocycles. The van der Waals surface area contributed by atoms with Crippen molar-refractivity contribution in [3.05, 3.63) is 0 Å². The summed E-state index contributed by atoms with van der Waals surface area (Å²) in [6, 6.07) is 0. The van der Waals surface area contributed by atoms with Crippen LogP contribution in [0.4, 0.5) is 0 Å². The Morgan fingerprint density at radius 1 is 1.26 bits per heavy atom. The predicted molar refractivity (Wildman–Crippen MR) is 118 cm³/mol. The Morgan fingerprint density at radius 2 is 1.96 bits per heavy atom. The molecular weight excluding hydrogens is 461 g/mol. The molecule has 0 bridgehead atoms. The molecule has 2 heterocycles. The third kappa shape index (κ3) is 8.08. The van der Waals surface area contributed by atoms with Crippen molar-refractivity contribution in [3.63, 3.8) is 0 Å². The van der Waals surface area contributed by atoms with Crippen molar-refractivity contribution in [1.82, 2.24) is 20.0 Å². The van der Waals surface area contributed by atoms with Crippen molar-refractivity contribution in [2.75, 3.05) is 79.7 Å². The lowest BCUT2D eigenvalue weighted by Gasteiger charge is -2.37. The second kappa shape index (κ2) is 13.5. The fraction of sp³-hybridized carbons (Fsp3) is 0.889. The number of halogens is 1. The number of aliphatic imine (C=N–C) groups is 1. The van der Waals surface area contributed by atoms with E-state index >= 15 is 0 Å². The summed E-state index contributed by atoms with van der Waals surface area (Å²) in [6.45, 7) is 10.0. The molecule has 2 rings (SSSR count). The molecule has 2 saturated heterocycles. The Kier molecular flexibility index (Phi) is 12.2. The molecule has 9 heteroatoms. The largest absolute Gasteiger partial charge is 0.383 e. The van der Waals surface area contributed by atoms with Crippen LogP contribution < -0.4 is 5.32 Å². The van der Waals surface area contributed by atoms with E-state index in [1.807, 2.05) is 4.90 Å². The highest BCUT2D eigenvalue weighted by atomic mass is 127. The molecule has 2 aliphatic rings. The summed E-state index contributed by atoms with van der Waals surface area (Å²) in [4.78, 5) is 23.6. The SMILES string of the molecule is CCNC(=NCCN(C)CCOC)N1CCN(C(=O)C2CCCO2)CC1.I. The number of hydrogen-bond donors (Lipinski definition) is 1. The standard InChI is InChI=1S/C18H35N5O3.HI/c1-4-19-18(20-7-8-21(2)13-15-25-3)23-11-9-22(10-12-23)17(24)16-6-5-14-26-16;/h16H,4-15H2,1-3H3,(H,19,20);1H. The van der Waals surface area contributed by atoms with Gasteiger partial charge in [0.15, 0.2) is 5.96 Å². The van der Waals surface area contributed by atoms with Gasteiger partial charge in [-0.05, 0) is 26.8 Å². The summed E-state index contributed by atoms with van der Waals surface area (Å²) < 4.78 is 10.6. The van der Waals surface area contributed by atoms with Gasteiger partial charge in [-0.15, -0.1) is 24.0 Å². The molecule has 0 aromatic carbocycles. The van der Waals surface area contributed by atoms with Crippen LogP contribution in [0.3, 0.4) is 0 Å². The van der Waals surface area contributed by atoms with E-state index in [-0.39, 0.29) is 36.0 Å². The summed E-state index contributed by atoms with van der Waals surface area (Å²) in [5.41, 5.74) is 0. The molecule has 0 radical (unpaired) electrons. The first-order valence-electron chi connectivity index (χ1n) is 9.76. The summed E-state index contributed by atoms with van der Waals surface area (Å²) >= 11 is 0. The molecule has 0 aliphatic carbocycles. The number of hydrogen-bond acceptors (Lipinski definition) is 5. The van der Waals surface area contributed by atoms with E-state index in [4.69, 9.17) is 14.5 Å². The molecule has 0 aromatic rings. The van der Waals surface area contributed by atoms with E-state index in [2.05, 4.69) is 29.1 Å². The van der Waals surface area contributed by atoms with Gasteiger partial charge >= 0.3 is 0 Å². The Bertz CT molecular complexity index is 452. The fourth-order valence-electron chi connectivity index (χ4n) is 3.23. The number of amides is 1. The van der Waals surface area contributed by atoms with Crippen molar-refractivity contribution in [2.24, 2.45) is 4.99 Å². The maximum Gasteiger partial charge on any atom is 0.251 e. The molecule has 0 saturated carbocycles. The third-order valence-electron chi connectivity index (χ3n) is 4.85. The third-order valence-corrected chi connectivity index (χ3v) is 4.85. The van der Waals surface area contributed by atoms with E-state index in [1.54, 1.807) is 7.11 Å². The molecule has 1 amide bonds. The number of rotatable bonds is 8. The predicted octanol–water partition coefficient (Wildman–Crippen LogP) is 0.471. The summed E-state index contributed by atoms with van der Waals surface area (Å²) in [6.07, 6.45) is 1.64. The van der Waals surface area contributed by atoms with Crippen LogP contribution in [0.2, 0.25) is 0 Å². The molecule has 27 heavy (non-hydrogen) atoms. The normalized spacial score (nSPS) is 20.7. The highest BCUT2D eigenvalue weighted by molar-refractivity contribution is 14.0. The van der Waals surface area contributed by atoms with Gasteiger partial charge in [-0.25, -0.2) is 0 Å².